The minimum atomic E-state index is 0.302. The molecule has 0 saturated carbocycles. The molecule has 0 atom stereocenters. The van der Waals surface area contributed by atoms with E-state index in [0.29, 0.717) is 32.1 Å². The fraction of sp³-hybridized carbons (Fsp3) is 0.588. The van der Waals surface area contributed by atoms with Crippen LogP contribution in [0, 0.1) is 0 Å². The zero-order valence-corrected chi connectivity index (χ0v) is 14.2. The summed E-state index contributed by atoms with van der Waals surface area (Å²) in [6, 6.07) is 7.32. The lowest BCUT2D eigenvalue weighted by molar-refractivity contribution is 0.0702. The van der Waals surface area contributed by atoms with E-state index >= 15 is 0 Å². The summed E-state index contributed by atoms with van der Waals surface area (Å²) < 4.78 is 10.3. The van der Waals surface area contributed by atoms with E-state index in [4.69, 9.17) is 9.47 Å². The van der Waals surface area contributed by atoms with Crippen LogP contribution in [-0.2, 0) is 15.9 Å². The molecule has 6 heteroatoms. The summed E-state index contributed by atoms with van der Waals surface area (Å²) in [6.07, 6.45) is 1.71. The number of rotatable bonds is 11. The SMILES string of the molecule is CCNC(=NCCCOCCOC)NCCc1cccc(O)c1. The monoisotopic (exact) mass is 323 g/mol. The summed E-state index contributed by atoms with van der Waals surface area (Å²) in [5, 5.41) is 16.0. The zero-order chi connectivity index (χ0) is 16.8. The van der Waals surface area contributed by atoms with Crippen LogP contribution in [0.15, 0.2) is 29.3 Å². The number of hydrogen-bond donors (Lipinski definition) is 3. The Morgan fingerprint density at radius 1 is 1.22 bits per heavy atom. The number of phenolic OH excluding ortho intramolecular Hbond substituents is 1. The molecule has 0 heterocycles. The molecule has 0 amide bonds. The van der Waals surface area contributed by atoms with Crippen molar-refractivity contribution in [2.24, 2.45) is 4.99 Å². The summed E-state index contributed by atoms with van der Waals surface area (Å²) in [5.41, 5.74) is 1.10. The van der Waals surface area contributed by atoms with Crippen molar-refractivity contribution < 1.29 is 14.6 Å². The van der Waals surface area contributed by atoms with Crippen LogP contribution in [0.25, 0.3) is 0 Å². The van der Waals surface area contributed by atoms with Crippen molar-refractivity contribution in [2.75, 3.05) is 46.6 Å². The summed E-state index contributed by atoms with van der Waals surface area (Å²) in [7, 11) is 1.67. The highest BCUT2D eigenvalue weighted by Crippen LogP contribution is 2.10. The van der Waals surface area contributed by atoms with E-state index in [9.17, 15) is 5.11 Å². The van der Waals surface area contributed by atoms with Gasteiger partial charge in [0.2, 0.25) is 0 Å². The van der Waals surface area contributed by atoms with E-state index in [2.05, 4.69) is 15.6 Å². The highest BCUT2D eigenvalue weighted by Gasteiger charge is 1.98. The van der Waals surface area contributed by atoms with Crippen molar-refractivity contribution in [3.8, 4) is 5.75 Å². The molecule has 0 aromatic heterocycles. The zero-order valence-electron chi connectivity index (χ0n) is 14.2. The van der Waals surface area contributed by atoms with Gasteiger partial charge in [-0.3, -0.25) is 4.99 Å². The number of aromatic hydroxyl groups is 1. The Morgan fingerprint density at radius 3 is 2.83 bits per heavy atom. The van der Waals surface area contributed by atoms with Crippen molar-refractivity contribution in [1.29, 1.82) is 0 Å². The second-order valence-corrected chi connectivity index (χ2v) is 5.07. The molecule has 23 heavy (non-hydrogen) atoms. The third kappa shape index (κ3) is 9.76. The van der Waals surface area contributed by atoms with Gasteiger partial charge in [-0.2, -0.15) is 0 Å². The van der Waals surface area contributed by atoms with Gasteiger partial charge < -0.3 is 25.2 Å². The van der Waals surface area contributed by atoms with Crippen LogP contribution in [0.2, 0.25) is 0 Å². The fourth-order valence-electron chi connectivity index (χ4n) is 1.98. The number of hydrogen-bond acceptors (Lipinski definition) is 4. The molecule has 0 radical (unpaired) electrons. The van der Waals surface area contributed by atoms with Gasteiger partial charge in [0.25, 0.3) is 0 Å². The van der Waals surface area contributed by atoms with Gasteiger partial charge in [-0.15, -0.1) is 0 Å². The number of aliphatic imine (C=N–C) groups is 1. The van der Waals surface area contributed by atoms with Gasteiger partial charge in [0.1, 0.15) is 5.75 Å². The maximum Gasteiger partial charge on any atom is 0.191 e. The van der Waals surface area contributed by atoms with Crippen molar-refractivity contribution in [1.82, 2.24) is 10.6 Å². The first-order valence-electron chi connectivity index (χ1n) is 8.13. The topological polar surface area (TPSA) is 75.1 Å². The third-order valence-corrected chi connectivity index (χ3v) is 3.11. The number of nitrogens with one attached hydrogen (secondary N) is 2. The first-order chi connectivity index (χ1) is 11.3. The van der Waals surface area contributed by atoms with Crippen LogP contribution < -0.4 is 10.6 Å². The standard InChI is InChI=1S/C17H29N3O3/c1-3-18-17(19-9-5-11-23-13-12-22-2)20-10-8-15-6-4-7-16(21)14-15/h4,6-7,14,21H,3,5,8-13H2,1-2H3,(H2,18,19,20). The molecule has 0 spiro atoms. The van der Waals surface area contributed by atoms with Crippen LogP contribution in [0.5, 0.6) is 5.75 Å². The molecule has 0 unspecified atom stereocenters. The molecule has 0 bridgehead atoms. The molecular weight excluding hydrogens is 294 g/mol. The molecule has 0 saturated heterocycles. The Balaban J connectivity index is 2.23. The molecule has 0 aliphatic rings. The highest BCUT2D eigenvalue weighted by atomic mass is 16.5. The smallest absolute Gasteiger partial charge is 0.191 e. The third-order valence-electron chi connectivity index (χ3n) is 3.11. The Hall–Kier alpha value is -1.79. The lowest BCUT2D eigenvalue weighted by Gasteiger charge is -2.11. The molecule has 130 valence electrons. The minimum Gasteiger partial charge on any atom is -0.508 e. The van der Waals surface area contributed by atoms with Gasteiger partial charge in [-0.25, -0.2) is 0 Å². The van der Waals surface area contributed by atoms with E-state index in [1.807, 2.05) is 19.1 Å². The van der Waals surface area contributed by atoms with E-state index in [0.717, 1.165) is 37.5 Å². The van der Waals surface area contributed by atoms with Gasteiger partial charge in [0.15, 0.2) is 5.96 Å². The Labute approximate surface area is 138 Å². The van der Waals surface area contributed by atoms with Crippen LogP contribution >= 0.6 is 0 Å². The quantitative estimate of drug-likeness (QED) is 0.327. The molecule has 0 aliphatic carbocycles. The van der Waals surface area contributed by atoms with Crippen LogP contribution in [-0.4, -0.2) is 57.6 Å². The van der Waals surface area contributed by atoms with Crippen molar-refractivity contribution >= 4 is 5.96 Å². The summed E-state index contributed by atoms with van der Waals surface area (Å²) >= 11 is 0. The van der Waals surface area contributed by atoms with Gasteiger partial charge in [-0.05, 0) is 37.5 Å². The lowest BCUT2D eigenvalue weighted by atomic mass is 10.1. The van der Waals surface area contributed by atoms with Crippen molar-refractivity contribution in [2.45, 2.75) is 19.8 Å². The van der Waals surface area contributed by atoms with Gasteiger partial charge in [-0.1, -0.05) is 12.1 Å². The second kappa shape index (κ2) is 12.7. The molecule has 6 nitrogen and oxygen atoms in total. The number of methoxy groups -OCH3 is 1. The maximum absolute atomic E-state index is 9.45. The van der Waals surface area contributed by atoms with Crippen molar-refractivity contribution in [3.05, 3.63) is 29.8 Å². The Bertz CT molecular complexity index is 452. The van der Waals surface area contributed by atoms with Crippen LogP contribution in [0.3, 0.4) is 0 Å². The predicted octanol–water partition coefficient (Wildman–Crippen LogP) is 1.54. The summed E-state index contributed by atoms with van der Waals surface area (Å²) in [5.74, 6) is 1.11. The van der Waals surface area contributed by atoms with E-state index in [1.165, 1.54) is 0 Å². The number of nitrogens with zero attached hydrogens (tertiary/aromatic N) is 1. The van der Waals surface area contributed by atoms with Gasteiger partial charge in [0.05, 0.1) is 13.2 Å². The fourth-order valence-corrected chi connectivity index (χ4v) is 1.98. The number of guanidine groups is 1. The molecule has 0 aliphatic heterocycles. The minimum absolute atomic E-state index is 0.302. The van der Waals surface area contributed by atoms with E-state index in [1.54, 1.807) is 19.2 Å². The molecule has 1 aromatic rings. The van der Waals surface area contributed by atoms with Crippen molar-refractivity contribution in [3.63, 3.8) is 0 Å². The molecular formula is C17H29N3O3. The average Bonchev–Trinajstić information content (AvgIpc) is 2.54. The molecule has 1 rings (SSSR count). The van der Waals surface area contributed by atoms with Crippen LogP contribution in [0.1, 0.15) is 18.9 Å². The molecule has 0 fully saturated rings. The largest absolute Gasteiger partial charge is 0.508 e. The van der Waals surface area contributed by atoms with Gasteiger partial charge >= 0.3 is 0 Å². The number of benzene rings is 1. The summed E-state index contributed by atoms with van der Waals surface area (Å²) in [6.45, 7) is 6.29. The Kier molecular flexibility index (Phi) is 10.7. The normalized spacial score (nSPS) is 11.5. The molecule has 3 N–H and O–H groups in total. The average molecular weight is 323 g/mol. The first-order valence-corrected chi connectivity index (χ1v) is 8.13. The van der Waals surface area contributed by atoms with Gasteiger partial charge in [0, 0.05) is 33.4 Å². The maximum atomic E-state index is 9.45. The van der Waals surface area contributed by atoms with E-state index < -0.39 is 0 Å². The van der Waals surface area contributed by atoms with E-state index in [-0.39, 0.29) is 0 Å². The summed E-state index contributed by atoms with van der Waals surface area (Å²) in [4.78, 5) is 4.51. The predicted molar refractivity (Wildman–Crippen MR) is 93.1 cm³/mol. The lowest BCUT2D eigenvalue weighted by Crippen LogP contribution is -2.38. The molecule has 1 aromatic carbocycles. The second-order valence-electron chi connectivity index (χ2n) is 5.07. The highest BCUT2D eigenvalue weighted by molar-refractivity contribution is 5.79. The Morgan fingerprint density at radius 2 is 2.09 bits per heavy atom. The number of phenols is 1. The van der Waals surface area contributed by atoms with Crippen LogP contribution in [0.4, 0.5) is 0 Å². The first kappa shape index (κ1) is 19.3. The number of ether oxygens (including phenoxy) is 2.